The van der Waals surface area contributed by atoms with Crippen LogP contribution >= 0.6 is 11.6 Å². The molecule has 0 bridgehead atoms. The van der Waals surface area contributed by atoms with Crippen molar-refractivity contribution in [3.8, 4) is 5.75 Å². The number of nitrogens with zero attached hydrogens (tertiary/aromatic N) is 3. The highest BCUT2D eigenvalue weighted by molar-refractivity contribution is 6.30. The van der Waals surface area contributed by atoms with Crippen LogP contribution in [0.1, 0.15) is 17.5 Å². The fourth-order valence-corrected chi connectivity index (χ4v) is 1.70. The van der Waals surface area contributed by atoms with Crippen LogP contribution in [-0.2, 0) is 7.05 Å². The Bertz CT molecular complexity index is 510. The summed E-state index contributed by atoms with van der Waals surface area (Å²) in [6, 6.07) is 3.34. The quantitative estimate of drug-likeness (QED) is 0.902. The average Bonchev–Trinajstić information content (AvgIpc) is 2.70. The van der Waals surface area contributed by atoms with Gasteiger partial charge in [0.25, 0.3) is 0 Å². The molecule has 0 spiro atoms. The number of hydrogen-bond donors (Lipinski definition) is 1. The lowest BCUT2D eigenvalue weighted by Gasteiger charge is -2.12. The van der Waals surface area contributed by atoms with Gasteiger partial charge in [0.2, 0.25) is 0 Å². The standard InChI is InChI=1S/C11H12ClN3O2/c1-15-10(9(17-2)6-14-15)11(16)8-4-3-7(12)5-13-8/h3-6,11,16H,1-2H3. The van der Waals surface area contributed by atoms with Gasteiger partial charge < -0.3 is 9.84 Å². The van der Waals surface area contributed by atoms with Crippen molar-refractivity contribution in [2.75, 3.05) is 7.11 Å². The second kappa shape index (κ2) is 4.73. The summed E-state index contributed by atoms with van der Waals surface area (Å²) in [7, 11) is 3.26. The molecule has 0 aliphatic heterocycles. The van der Waals surface area contributed by atoms with Crippen molar-refractivity contribution in [2.45, 2.75) is 6.10 Å². The Kier molecular flexibility index (Phi) is 3.31. The van der Waals surface area contributed by atoms with Gasteiger partial charge in [-0.2, -0.15) is 5.10 Å². The number of methoxy groups -OCH3 is 1. The molecule has 1 N–H and O–H groups in total. The van der Waals surface area contributed by atoms with Crippen LogP contribution in [0, 0.1) is 0 Å². The zero-order valence-electron chi connectivity index (χ0n) is 9.46. The van der Waals surface area contributed by atoms with Gasteiger partial charge in [-0.15, -0.1) is 0 Å². The number of aliphatic hydroxyl groups excluding tert-OH is 1. The third-order valence-electron chi connectivity index (χ3n) is 2.46. The maximum atomic E-state index is 10.2. The summed E-state index contributed by atoms with van der Waals surface area (Å²) in [4.78, 5) is 4.07. The Morgan fingerprint density at radius 2 is 2.18 bits per heavy atom. The van der Waals surface area contributed by atoms with Crippen molar-refractivity contribution >= 4 is 11.6 Å². The minimum absolute atomic E-state index is 0.497. The van der Waals surface area contributed by atoms with Crippen molar-refractivity contribution in [2.24, 2.45) is 7.05 Å². The normalized spacial score (nSPS) is 12.5. The number of ether oxygens (including phenoxy) is 1. The third kappa shape index (κ3) is 2.25. The van der Waals surface area contributed by atoms with Crippen LogP contribution in [0.15, 0.2) is 24.5 Å². The van der Waals surface area contributed by atoms with Gasteiger partial charge in [-0.1, -0.05) is 11.6 Å². The average molecular weight is 254 g/mol. The minimum atomic E-state index is -0.894. The number of hydrogen-bond acceptors (Lipinski definition) is 4. The molecule has 0 radical (unpaired) electrons. The summed E-state index contributed by atoms with van der Waals surface area (Å²) in [6.45, 7) is 0. The highest BCUT2D eigenvalue weighted by Crippen LogP contribution is 2.28. The van der Waals surface area contributed by atoms with Crippen molar-refractivity contribution in [1.29, 1.82) is 0 Å². The molecule has 90 valence electrons. The van der Waals surface area contributed by atoms with E-state index in [4.69, 9.17) is 16.3 Å². The fourth-order valence-electron chi connectivity index (χ4n) is 1.58. The topological polar surface area (TPSA) is 60.2 Å². The van der Waals surface area contributed by atoms with Crippen LogP contribution in [0.25, 0.3) is 0 Å². The number of rotatable bonds is 3. The molecule has 0 aromatic carbocycles. The van der Waals surface area contributed by atoms with Crippen LogP contribution in [0.5, 0.6) is 5.75 Å². The number of aliphatic hydroxyl groups is 1. The van der Waals surface area contributed by atoms with Crippen LogP contribution in [-0.4, -0.2) is 27.0 Å². The van der Waals surface area contributed by atoms with E-state index in [1.165, 1.54) is 13.3 Å². The molecule has 5 nitrogen and oxygen atoms in total. The molecule has 2 rings (SSSR count). The first-order chi connectivity index (χ1) is 8.13. The zero-order chi connectivity index (χ0) is 12.4. The van der Waals surface area contributed by atoms with E-state index in [1.54, 1.807) is 30.1 Å². The van der Waals surface area contributed by atoms with E-state index in [1.807, 2.05) is 0 Å². The van der Waals surface area contributed by atoms with E-state index >= 15 is 0 Å². The highest BCUT2D eigenvalue weighted by atomic mass is 35.5. The summed E-state index contributed by atoms with van der Waals surface area (Å²) in [5.74, 6) is 0.525. The lowest BCUT2D eigenvalue weighted by atomic mass is 10.1. The van der Waals surface area contributed by atoms with E-state index in [0.29, 0.717) is 22.2 Å². The Morgan fingerprint density at radius 3 is 2.76 bits per heavy atom. The second-order valence-corrected chi connectivity index (χ2v) is 3.96. The van der Waals surface area contributed by atoms with Crippen molar-refractivity contribution in [3.63, 3.8) is 0 Å². The molecule has 0 amide bonds. The molecule has 2 aromatic heterocycles. The largest absolute Gasteiger partial charge is 0.493 e. The highest BCUT2D eigenvalue weighted by Gasteiger charge is 2.20. The van der Waals surface area contributed by atoms with Gasteiger partial charge in [0.05, 0.1) is 24.0 Å². The molecule has 0 aliphatic carbocycles. The number of halogens is 1. The molecular weight excluding hydrogens is 242 g/mol. The minimum Gasteiger partial charge on any atom is -0.493 e. The van der Waals surface area contributed by atoms with Gasteiger partial charge in [0.15, 0.2) is 5.75 Å². The molecular formula is C11H12ClN3O2. The number of aromatic nitrogens is 3. The molecule has 0 fully saturated rings. The summed E-state index contributed by atoms with van der Waals surface area (Å²) < 4.78 is 6.69. The Balaban J connectivity index is 2.39. The Hall–Kier alpha value is -1.59. The first-order valence-electron chi connectivity index (χ1n) is 4.99. The lowest BCUT2D eigenvalue weighted by Crippen LogP contribution is -2.09. The van der Waals surface area contributed by atoms with E-state index in [2.05, 4.69) is 10.1 Å². The first-order valence-corrected chi connectivity index (χ1v) is 5.36. The molecule has 0 aliphatic rings. The van der Waals surface area contributed by atoms with E-state index in [9.17, 15) is 5.11 Å². The van der Waals surface area contributed by atoms with Crippen LogP contribution in [0.4, 0.5) is 0 Å². The smallest absolute Gasteiger partial charge is 0.163 e. The van der Waals surface area contributed by atoms with Crippen molar-refractivity contribution in [3.05, 3.63) is 40.9 Å². The van der Waals surface area contributed by atoms with Crippen molar-refractivity contribution in [1.82, 2.24) is 14.8 Å². The van der Waals surface area contributed by atoms with E-state index < -0.39 is 6.10 Å². The molecule has 17 heavy (non-hydrogen) atoms. The Labute approximate surface area is 104 Å². The van der Waals surface area contributed by atoms with Gasteiger partial charge >= 0.3 is 0 Å². The predicted molar refractivity (Wildman–Crippen MR) is 63.1 cm³/mol. The maximum Gasteiger partial charge on any atom is 0.163 e. The molecule has 0 saturated carbocycles. The first kappa shape index (κ1) is 11.9. The number of aryl methyl sites for hydroxylation is 1. The molecule has 0 saturated heterocycles. The van der Waals surface area contributed by atoms with Gasteiger partial charge in [0, 0.05) is 13.2 Å². The van der Waals surface area contributed by atoms with E-state index in [-0.39, 0.29) is 0 Å². The summed E-state index contributed by atoms with van der Waals surface area (Å²) in [5.41, 5.74) is 1.05. The maximum absolute atomic E-state index is 10.2. The van der Waals surface area contributed by atoms with Crippen molar-refractivity contribution < 1.29 is 9.84 Å². The fraction of sp³-hybridized carbons (Fsp3) is 0.273. The monoisotopic (exact) mass is 253 g/mol. The van der Waals surface area contributed by atoms with Crippen LogP contribution < -0.4 is 4.74 Å². The van der Waals surface area contributed by atoms with Crippen LogP contribution in [0.2, 0.25) is 5.02 Å². The van der Waals surface area contributed by atoms with E-state index in [0.717, 1.165) is 0 Å². The van der Waals surface area contributed by atoms with Gasteiger partial charge in [-0.25, -0.2) is 0 Å². The molecule has 6 heteroatoms. The SMILES string of the molecule is COc1cnn(C)c1C(O)c1ccc(Cl)cn1. The Morgan fingerprint density at radius 1 is 1.41 bits per heavy atom. The summed E-state index contributed by atoms with van der Waals surface area (Å²) >= 11 is 5.74. The van der Waals surface area contributed by atoms with Gasteiger partial charge in [0.1, 0.15) is 11.8 Å². The third-order valence-corrected chi connectivity index (χ3v) is 2.68. The van der Waals surface area contributed by atoms with Gasteiger partial charge in [-0.05, 0) is 12.1 Å². The molecule has 1 unspecified atom stereocenters. The number of pyridine rings is 1. The predicted octanol–water partition coefficient (Wildman–Crippen LogP) is 1.56. The summed E-state index contributed by atoms with van der Waals surface area (Å²) in [5, 5.41) is 14.8. The second-order valence-electron chi connectivity index (χ2n) is 3.53. The molecule has 2 heterocycles. The molecule has 1 atom stereocenters. The van der Waals surface area contributed by atoms with Gasteiger partial charge in [-0.3, -0.25) is 9.67 Å². The zero-order valence-corrected chi connectivity index (χ0v) is 10.2. The lowest BCUT2D eigenvalue weighted by molar-refractivity contribution is 0.199. The van der Waals surface area contributed by atoms with Crippen LogP contribution in [0.3, 0.4) is 0 Å². The summed E-state index contributed by atoms with van der Waals surface area (Å²) in [6.07, 6.45) is 2.15. The molecule has 2 aromatic rings.